The van der Waals surface area contributed by atoms with Crippen molar-refractivity contribution in [2.45, 2.75) is 47.2 Å². The zero-order chi connectivity index (χ0) is 18.4. The normalized spacial score (nSPS) is 10.4. The van der Waals surface area contributed by atoms with Crippen molar-refractivity contribution in [2.24, 2.45) is 0 Å². The first-order chi connectivity index (χ1) is 11.0. The zero-order valence-corrected chi connectivity index (χ0v) is 15.3. The molecule has 6 nitrogen and oxygen atoms in total. The fourth-order valence-corrected chi connectivity index (χ4v) is 1.74. The van der Waals surface area contributed by atoms with E-state index in [4.69, 9.17) is 19.7 Å². The van der Waals surface area contributed by atoms with Crippen molar-refractivity contribution in [1.82, 2.24) is 5.32 Å². The first kappa shape index (κ1) is 23.5. The summed E-state index contributed by atoms with van der Waals surface area (Å²) in [6.45, 7) is 9.66. The molecule has 1 atom stereocenters. The van der Waals surface area contributed by atoms with Gasteiger partial charge in [0.05, 0.1) is 20.8 Å². The van der Waals surface area contributed by atoms with Gasteiger partial charge in [0.15, 0.2) is 0 Å². The van der Waals surface area contributed by atoms with Gasteiger partial charge in [-0.1, -0.05) is 27.7 Å². The SMILES string of the molecule is CC.CC.COc1cc(C)cc(OC)c1CNC(CO)C(=O)O. The third-order valence-corrected chi connectivity index (χ3v) is 2.76. The van der Waals surface area contributed by atoms with E-state index in [9.17, 15) is 4.79 Å². The van der Waals surface area contributed by atoms with Crippen LogP contribution in [0.4, 0.5) is 0 Å². The summed E-state index contributed by atoms with van der Waals surface area (Å²) >= 11 is 0. The van der Waals surface area contributed by atoms with Gasteiger partial charge in [0.1, 0.15) is 17.5 Å². The highest BCUT2D eigenvalue weighted by atomic mass is 16.5. The Hall–Kier alpha value is -1.79. The van der Waals surface area contributed by atoms with E-state index in [0.29, 0.717) is 11.5 Å². The number of methoxy groups -OCH3 is 2. The monoisotopic (exact) mass is 329 g/mol. The highest BCUT2D eigenvalue weighted by molar-refractivity contribution is 5.73. The molecule has 0 bridgehead atoms. The van der Waals surface area contributed by atoms with E-state index in [1.165, 1.54) is 0 Å². The van der Waals surface area contributed by atoms with Gasteiger partial charge in [0.2, 0.25) is 0 Å². The van der Waals surface area contributed by atoms with E-state index in [0.717, 1.165) is 11.1 Å². The lowest BCUT2D eigenvalue weighted by atomic mass is 10.1. The molecule has 6 heteroatoms. The lowest BCUT2D eigenvalue weighted by Gasteiger charge is -2.17. The molecule has 0 heterocycles. The number of aliphatic hydroxyl groups is 1. The lowest BCUT2D eigenvalue weighted by Crippen LogP contribution is -2.39. The molecule has 0 saturated heterocycles. The van der Waals surface area contributed by atoms with Gasteiger partial charge < -0.3 is 19.7 Å². The topological polar surface area (TPSA) is 88.0 Å². The van der Waals surface area contributed by atoms with E-state index < -0.39 is 18.6 Å². The summed E-state index contributed by atoms with van der Waals surface area (Å²) < 4.78 is 10.5. The first-order valence-electron chi connectivity index (χ1n) is 7.82. The third kappa shape index (κ3) is 7.85. The van der Waals surface area contributed by atoms with Crippen LogP contribution in [-0.4, -0.2) is 43.1 Å². The molecule has 23 heavy (non-hydrogen) atoms. The average Bonchev–Trinajstić information content (AvgIpc) is 2.59. The fourth-order valence-electron chi connectivity index (χ4n) is 1.74. The molecule has 0 aliphatic rings. The van der Waals surface area contributed by atoms with Crippen LogP contribution in [0.25, 0.3) is 0 Å². The van der Waals surface area contributed by atoms with Crippen LogP contribution in [0.15, 0.2) is 12.1 Å². The molecule has 1 unspecified atom stereocenters. The summed E-state index contributed by atoms with van der Waals surface area (Å²) in [5, 5.41) is 20.6. The minimum Gasteiger partial charge on any atom is -0.496 e. The van der Waals surface area contributed by atoms with E-state index in [-0.39, 0.29) is 6.54 Å². The quantitative estimate of drug-likeness (QED) is 0.713. The summed E-state index contributed by atoms with van der Waals surface area (Å²) in [7, 11) is 3.08. The highest BCUT2D eigenvalue weighted by Crippen LogP contribution is 2.30. The van der Waals surface area contributed by atoms with Crippen LogP contribution in [0, 0.1) is 6.92 Å². The van der Waals surface area contributed by atoms with Gasteiger partial charge in [-0.25, -0.2) is 0 Å². The number of carboxylic acids is 1. The van der Waals surface area contributed by atoms with Gasteiger partial charge in [-0.05, 0) is 24.6 Å². The zero-order valence-electron chi connectivity index (χ0n) is 15.3. The molecule has 1 aromatic carbocycles. The van der Waals surface area contributed by atoms with E-state index in [1.807, 2.05) is 46.8 Å². The van der Waals surface area contributed by atoms with Gasteiger partial charge in [0, 0.05) is 12.1 Å². The summed E-state index contributed by atoms with van der Waals surface area (Å²) in [6.07, 6.45) is 0. The molecule has 0 amide bonds. The fraction of sp³-hybridized carbons (Fsp3) is 0.588. The standard InChI is InChI=1S/C13H19NO5.2C2H6/c1-8-4-11(18-2)9(12(5-8)19-3)6-14-10(7-15)13(16)17;2*1-2/h4-5,10,14-15H,6-7H2,1-3H3,(H,16,17);2*1-2H3. The van der Waals surface area contributed by atoms with Crippen LogP contribution in [-0.2, 0) is 11.3 Å². The summed E-state index contributed by atoms with van der Waals surface area (Å²) in [5.41, 5.74) is 1.70. The Bertz CT molecular complexity index is 424. The molecular weight excluding hydrogens is 298 g/mol. The van der Waals surface area contributed by atoms with Crippen LogP contribution < -0.4 is 14.8 Å². The summed E-state index contributed by atoms with van der Waals surface area (Å²) in [4.78, 5) is 10.8. The number of benzene rings is 1. The van der Waals surface area contributed by atoms with Crippen LogP contribution in [0.3, 0.4) is 0 Å². The smallest absolute Gasteiger partial charge is 0.323 e. The minimum absolute atomic E-state index is 0.226. The molecule has 0 aliphatic heterocycles. The summed E-state index contributed by atoms with van der Waals surface area (Å²) in [6, 6.07) is 2.67. The number of carboxylic acid groups (broad SMARTS) is 1. The van der Waals surface area contributed by atoms with Crippen molar-refractivity contribution in [3.05, 3.63) is 23.3 Å². The summed E-state index contributed by atoms with van der Waals surface area (Å²) in [5.74, 6) is 0.130. The molecule has 0 radical (unpaired) electrons. The van der Waals surface area contributed by atoms with Crippen molar-refractivity contribution >= 4 is 5.97 Å². The Kier molecular flexibility index (Phi) is 14.1. The number of carbonyl (C=O) groups is 1. The van der Waals surface area contributed by atoms with Crippen molar-refractivity contribution in [3.63, 3.8) is 0 Å². The predicted octanol–water partition coefficient (Wildman–Crippen LogP) is 2.60. The number of aliphatic hydroxyl groups excluding tert-OH is 1. The second-order valence-electron chi connectivity index (χ2n) is 4.10. The van der Waals surface area contributed by atoms with Gasteiger partial charge >= 0.3 is 5.97 Å². The van der Waals surface area contributed by atoms with Crippen LogP contribution in [0.1, 0.15) is 38.8 Å². The molecular formula is C17H31NO5. The lowest BCUT2D eigenvalue weighted by molar-refractivity contribution is -0.140. The number of rotatable bonds is 7. The Labute approximate surface area is 139 Å². The van der Waals surface area contributed by atoms with Gasteiger partial charge in [-0.15, -0.1) is 0 Å². The molecule has 0 spiro atoms. The Morgan fingerprint density at radius 2 is 1.57 bits per heavy atom. The Balaban J connectivity index is 0. The van der Waals surface area contributed by atoms with Crippen LogP contribution in [0.5, 0.6) is 11.5 Å². The van der Waals surface area contributed by atoms with Crippen molar-refractivity contribution in [2.75, 3.05) is 20.8 Å². The number of hydrogen-bond donors (Lipinski definition) is 3. The maximum Gasteiger partial charge on any atom is 0.323 e. The Morgan fingerprint density at radius 1 is 1.13 bits per heavy atom. The van der Waals surface area contributed by atoms with E-state index >= 15 is 0 Å². The number of nitrogens with one attached hydrogen (secondary N) is 1. The molecule has 134 valence electrons. The van der Waals surface area contributed by atoms with Crippen molar-refractivity contribution in [3.8, 4) is 11.5 Å². The number of aryl methyl sites for hydroxylation is 1. The van der Waals surface area contributed by atoms with Gasteiger partial charge in [-0.3, -0.25) is 10.1 Å². The van der Waals surface area contributed by atoms with Crippen molar-refractivity contribution < 1.29 is 24.5 Å². The minimum atomic E-state index is -1.10. The van der Waals surface area contributed by atoms with Crippen LogP contribution in [0.2, 0.25) is 0 Å². The second kappa shape index (κ2) is 13.8. The van der Waals surface area contributed by atoms with Gasteiger partial charge in [-0.2, -0.15) is 0 Å². The molecule has 0 fully saturated rings. The van der Waals surface area contributed by atoms with Crippen LogP contribution >= 0.6 is 0 Å². The third-order valence-electron chi connectivity index (χ3n) is 2.76. The molecule has 0 saturated carbocycles. The molecule has 3 N–H and O–H groups in total. The maximum atomic E-state index is 10.8. The molecule has 0 aromatic heterocycles. The first-order valence-corrected chi connectivity index (χ1v) is 7.82. The average molecular weight is 329 g/mol. The number of aliphatic carboxylic acids is 1. The second-order valence-corrected chi connectivity index (χ2v) is 4.10. The van der Waals surface area contributed by atoms with E-state index in [2.05, 4.69) is 5.32 Å². The largest absolute Gasteiger partial charge is 0.496 e. The molecule has 1 aromatic rings. The number of hydrogen-bond acceptors (Lipinski definition) is 5. The highest BCUT2D eigenvalue weighted by Gasteiger charge is 2.18. The Morgan fingerprint density at radius 3 is 1.87 bits per heavy atom. The molecule has 0 aliphatic carbocycles. The predicted molar refractivity (Wildman–Crippen MR) is 92.3 cm³/mol. The molecule has 1 rings (SSSR count). The maximum absolute atomic E-state index is 10.8. The number of ether oxygens (including phenoxy) is 2. The van der Waals surface area contributed by atoms with Crippen molar-refractivity contribution in [1.29, 1.82) is 0 Å². The van der Waals surface area contributed by atoms with E-state index in [1.54, 1.807) is 14.2 Å². The van der Waals surface area contributed by atoms with Gasteiger partial charge in [0.25, 0.3) is 0 Å².